The molecule has 0 saturated carbocycles. The molecule has 0 bridgehead atoms. The summed E-state index contributed by atoms with van der Waals surface area (Å²) in [5.74, 6) is -0.739. The molecule has 0 radical (unpaired) electrons. The second-order valence-electron chi connectivity index (χ2n) is 2.68. The Hall–Kier alpha value is -1.97. The van der Waals surface area contributed by atoms with E-state index in [0.29, 0.717) is 5.56 Å². The fourth-order valence-corrected chi connectivity index (χ4v) is 1.23. The minimum atomic E-state index is -0.739. The van der Waals surface area contributed by atoms with E-state index >= 15 is 0 Å². The third-order valence-corrected chi connectivity index (χ3v) is 1.88. The molecular weight excluding hydrogens is 168 g/mol. The van der Waals surface area contributed by atoms with Crippen LogP contribution in [0.4, 0.5) is 0 Å². The molecule has 1 aromatic carbocycles. The van der Waals surface area contributed by atoms with Crippen molar-refractivity contribution in [2.75, 3.05) is 0 Å². The molecule has 0 unspecified atom stereocenters. The number of aromatic amines is 1. The van der Waals surface area contributed by atoms with E-state index in [1.54, 1.807) is 24.4 Å². The van der Waals surface area contributed by atoms with Crippen molar-refractivity contribution in [1.82, 2.24) is 4.98 Å². The maximum absolute atomic E-state index is 10.9. The molecule has 64 valence electrons. The van der Waals surface area contributed by atoms with Crippen LogP contribution >= 0.6 is 0 Å². The average molecular weight is 174 g/mol. The van der Waals surface area contributed by atoms with E-state index in [2.05, 4.69) is 10.2 Å². The van der Waals surface area contributed by atoms with Crippen molar-refractivity contribution >= 4 is 16.8 Å². The molecule has 0 fully saturated rings. The lowest BCUT2D eigenvalue weighted by Gasteiger charge is -1.92. The fraction of sp³-hybridized carbons (Fsp3) is 0. The van der Waals surface area contributed by atoms with Crippen LogP contribution in [0.5, 0.6) is 0 Å². The third kappa shape index (κ3) is 1.22. The number of hydrogen-bond donors (Lipinski definition) is 1. The summed E-state index contributed by atoms with van der Waals surface area (Å²) in [6.07, 6.45) is 1.77. The molecule has 1 amide bonds. The van der Waals surface area contributed by atoms with E-state index in [1.807, 2.05) is 6.07 Å². The highest BCUT2D eigenvalue weighted by Crippen LogP contribution is 2.14. The Morgan fingerprint density at radius 2 is 2.15 bits per heavy atom. The Morgan fingerprint density at radius 3 is 2.92 bits per heavy atom. The standard InChI is InChI=1S/C9H6N2O2/c12-9(11-13)7-2-1-6-3-4-10-8(6)5-7/h1-5,10H. The summed E-state index contributed by atoms with van der Waals surface area (Å²) >= 11 is 0. The van der Waals surface area contributed by atoms with Crippen LogP contribution in [-0.2, 0) is 0 Å². The van der Waals surface area contributed by atoms with Crippen LogP contribution in [0.1, 0.15) is 10.4 Å². The van der Waals surface area contributed by atoms with Gasteiger partial charge in [0, 0.05) is 22.5 Å². The van der Waals surface area contributed by atoms with E-state index in [0.717, 1.165) is 10.9 Å². The number of carbonyl (C=O) groups excluding carboxylic acids is 1. The number of aromatic nitrogens is 1. The minimum absolute atomic E-state index is 0.310. The largest absolute Gasteiger partial charge is 0.361 e. The van der Waals surface area contributed by atoms with E-state index < -0.39 is 5.91 Å². The van der Waals surface area contributed by atoms with Gasteiger partial charge in [-0.25, -0.2) is 0 Å². The Labute approximate surface area is 73.5 Å². The number of rotatable bonds is 1. The van der Waals surface area contributed by atoms with Crippen molar-refractivity contribution in [3.8, 4) is 0 Å². The Balaban J connectivity index is 2.60. The number of hydrogen-bond acceptors (Lipinski definition) is 2. The second-order valence-corrected chi connectivity index (χ2v) is 2.68. The number of nitroso groups, excluding NO2 is 1. The highest BCUT2D eigenvalue weighted by molar-refractivity contribution is 5.98. The van der Waals surface area contributed by atoms with Crippen LogP contribution in [0.2, 0.25) is 0 Å². The Bertz CT molecular complexity index is 473. The summed E-state index contributed by atoms with van der Waals surface area (Å²) in [6, 6.07) is 6.85. The van der Waals surface area contributed by atoms with Gasteiger partial charge in [-0.1, -0.05) is 6.07 Å². The Morgan fingerprint density at radius 1 is 1.31 bits per heavy atom. The number of H-pyrrole nitrogens is 1. The van der Waals surface area contributed by atoms with E-state index in [1.165, 1.54) is 0 Å². The molecule has 1 heterocycles. The van der Waals surface area contributed by atoms with Crippen LogP contribution in [0, 0.1) is 4.91 Å². The summed E-state index contributed by atoms with van der Waals surface area (Å²) in [4.78, 5) is 23.8. The van der Waals surface area contributed by atoms with Gasteiger partial charge in [-0.2, -0.15) is 0 Å². The summed E-state index contributed by atoms with van der Waals surface area (Å²) in [7, 11) is 0. The van der Waals surface area contributed by atoms with Gasteiger partial charge in [0.05, 0.1) is 0 Å². The van der Waals surface area contributed by atoms with Gasteiger partial charge in [-0.05, 0) is 23.6 Å². The SMILES string of the molecule is O=NC(=O)c1ccc2cc[nH]c2c1. The van der Waals surface area contributed by atoms with Crippen molar-refractivity contribution in [3.05, 3.63) is 40.9 Å². The number of nitrogens with one attached hydrogen (secondary N) is 1. The van der Waals surface area contributed by atoms with Gasteiger partial charge >= 0.3 is 5.91 Å². The molecule has 13 heavy (non-hydrogen) atoms. The van der Waals surface area contributed by atoms with Gasteiger partial charge in [-0.15, -0.1) is 4.91 Å². The molecular formula is C9H6N2O2. The van der Waals surface area contributed by atoms with Crippen LogP contribution in [-0.4, -0.2) is 10.9 Å². The molecule has 2 rings (SSSR count). The van der Waals surface area contributed by atoms with Crippen LogP contribution in [0.15, 0.2) is 35.6 Å². The van der Waals surface area contributed by atoms with Gasteiger partial charge in [0.2, 0.25) is 0 Å². The normalized spacial score (nSPS) is 10.2. The van der Waals surface area contributed by atoms with Gasteiger partial charge in [-0.3, -0.25) is 4.79 Å². The van der Waals surface area contributed by atoms with E-state index in [4.69, 9.17) is 0 Å². The summed E-state index contributed by atoms with van der Waals surface area (Å²) in [5.41, 5.74) is 1.14. The van der Waals surface area contributed by atoms with Crippen molar-refractivity contribution in [2.24, 2.45) is 5.18 Å². The zero-order valence-corrected chi connectivity index (χ0v) is 6.65. The van der Waals surface area contributed by atoms with Crippen LogP contribution in [0.25, 0.3) is 10.9 Å². The average Bonchev–Trinajstić information content (AvgIpc) is 2.63. The molecule has 0 saturated heterocycles. The maximum Gasteiger partial charge on any atom is 0.316 e. The molecule has 1 N–H and O–H groups in total. The Kier molecular flexibility index (Phi) is 1.66. The lowest BCUT2D eigenvalue weighted by atomic mass is 10.1. The zero-order valence-electron chi connectivity index (χ0n) is 6.65. The monoisotopic (exact) mass is 174 g/mol. The number of amides is 1. The van der Waals surface area contributed by atoms with Crippen LogP contribution < -0.4 is 0 Å². The summed E-state index contributed by atoms with van der Waals surface area (Å²) in [5, 5.41) is 3.35. The van der Waals surface area contributed by atoms with Crippen molar-refractivity contribution in [2.45, 2.75) is 0 Å². The van der Waals surface area contributed by atoms with Crippen molar-refractivity contribution < 1.29 is 4.79 Å². The lowest BCUT2D eigenvalue weighted by molar-refractivity contribution is 0.100. The third-order valence-electron chi connectivity index (χ3n) is 1.88. The molecule has 4 nitrogen and oxygen atoms in total. The number of benzene rings is 1. The predicted octanol–water partition coefficient (Wildman–Crippen LogP) is 2.07. The molecule has 2 aromatic rings. The summed E-state index contributed by atoms with van der Waals surface area (Å²) in [6.45, 7) is 0. The van der Waals surface area contributed by atoms with Gasteiger partial charge < -0.3 is 4.98 Å². The predicted molar refractivity (Wildman–Crippen MR) is 48.4 cm³/mol. The molecule has 0 atom stereocenters. The minimum Gasteiger partial charge on any atom is -0.361 e. The zero-order chi connectivity index (χ0) is 9.26. The number of fused-ring (bicyclic) bond motifs is 1. The smallest absolute Gasteiger partial charge is 0.316 e. The first kappa shape index (κ1) is 7.67. The molecule has 4 heteroatoms. The van der Waals surface area contributed by atoms with Crippen LogP contribution in [0.3, 0.4) is 0 Å². The maximum atomic E-state index is 10.9. The first-order chi connectivity index (χ1) is 6.31. The number of carbonyl (C=O) groups is 1. The van der Waals surface area contributed by atoms with Gasteiger partial charge in [0.25, 0.3) is 0 Å². The molecule has 1 aromatic heterocycles. The molecule has 0 aliphatic heterocycles. The summed E-state index contributed by atoms with van der Waals surface area (Å²) < 4.78 is 0. The van der Waals surface area contributed by atoms with Crippen molar-refractivity contribution in [3.63, 3.8) is 0 Å². The second kappa shape index (κ2) is 2.82. The van der Waals surface area contributed by atoms with E-state index in [-0.39, 0.29) is 0 Å². The van der Waals surface area contributed by atoms with Gasteiger partial charge in [0.15, 0.2) is 0 Å². The first-order valence-electron chi connectivity index (χ1n) is 3.76. The van der Waals surface area contributed by atoms with Crippen molar-refractivity contribution in [1.29, 1.82) is 0 Å². The van der Waals surface area contributed by atoms with E-state index in [9.17, 15) is 9.70 Å². The highest BCUT2D eigenvalue weighted by atomic mass is 16.3. The fourth-order valence-electron chi connectivity index (χ4n) is 1.23. The molecule has 0 aliphatic carbocycles. The van der Waals surface area contributed by atoms with Gasteiger partial charge in [0.1, 0.15) is 0 Å². The molecule has 0 spiro atoms. The topological polar surface area (TPSA) is 62.3 Å². The number of nitrogens with zero attached hydrogens (tertiary/aromatic N) is 1. The lowest BCUT2D eigenvalue weighted by Crippen LogP contribution is -1.92. The first-order valence-corrected chi connectivity index (χ1v) is 3.76. The highest BCUT2D eigenvalue weighted by Gasteiger charge is 2.05. The quantitative estimate of drug-likeness (QED) is 0.672. The molecule has 0 aliphatic rings.